The van der Waals surface area contributed by atoms with E-state index in [1.165, 1.54) is 19.3 Å². The van der Waals surface area contributed by atoms with Gasteiger partial charge in [0, 0.05) is 31.6 Å². The number of amides is 1. The van der Waals surface area contributed by atoms with Crippen LogP contribution >= 0.6 is 0 Å². The van der Waals surface area contributed by atoms with E-state index in [0.717, 1.165) is 37.4 Å². The SMILES string of the molecule is Cc1nc(N2CCCCC2)ccc1C(=O)CCCCNC(=O)OC(C)(C)C. The minimum atomic E-state index is -0.495. The van der Waals surface area contributed by atoms with Gasteiger partial charge < -0.3 is 15.0 Å². The Morgan fingerprint density at radius 3 is 2.48 bits per heavy atom. The Morgan fingerprint density at radius 2 is 1.85 bits per heavy atom. The van der Waals surface area contributed by atoms with Gasteiger partial charge in [-0.25, -0.2) is 9.78 Å². The highest BCUT2D eigenvalue weighted by Gasteiger charge is 2.17. The summed E-state index contributed by atoms with van der Waals surface area (Å²) in [6, 6.07) is 3.88. The number of nitrogens with one attached hydrogen (secondary N) is 1. The first-order valence-corrected chi connectivity index (χ1v) is 9.99. The predicted molar refractivity (Wildman–Crippen MR) is 107 cm³/mol. The van der Waals surface area contributed by atoms with Gasteiger partial charge in [-0.2, -0.15) is 0 Å². The van der Waals surface area contributed by atoms with Crippen LogP contribution < -0.4 is 10.2 Å². The zero-order chi connectivity index (χ0) is 19.9. The Bertz CT molecular complexity index is 647. The molecule has 1 saturated heterocycles. The van der Waals surface area contributed by atoms with E-state index in [9.17, 15) is 9.59 Å². The van der Waals surface area contributed by atoms with E-state index in [-0.39, 0.29) is 5.78 Å². The number of anilines is 1. The van der Waals surface area contributed by atoms with E-state index < -0.39 is 11.7 Å². The van der Waals surface area contributed by atoms with E-state index in [1.54, 1.807) is 0 Å². The molecule has 0 bridgehead atoms. The van der Waals surface area contributed by atoms with Crippen molar-refractivity contribution in [3.05, 3.63) is 23.4 Å². The van der Waals surface area contributed by atoms with Gasteiger partial charge in [-0.3, -0.25) is 4.79 Å². The first-order chi connectivity index (χ1) is 12.8. The summed E-state index contributed by atoms with van der Waals surface area (Å²) in [6.45, 7) is 10.0. The molecule has 0 spiro atoms. The fourth-order valence-electron chi connectivity index (χ4n) is 3.19. The molecule has 0 aliphatic carbocycles. The van der Waals surface area contributed by atoms with Gasteiger partial charge in [-0.15, -0.1) is 0 Å². The van der Waals surface area contributed by atoms with Gasteiger partial charge in [-0.05, 0) is 71.9 Å². The molecule has 1 aliphatic rings. The Hall–Kier alpha value is -2.11. The molecule has 1 aromatic rings. The van der Waals surface area contributed by atoms with E-state index >= 15 is 0 Å². The van der Waals surface area contributed by atoms with E-state index in [4.69, 9.17) is 4.74 Å². The third kappa shape index (κ3) is 7.19. The van der Waals surface area contributed by atoms with Gasteiger partial charge in [0.15, 0.2) is 5.78 Å². The third-order valence-electron chi connectivity index (χ3n) is 4.55. The van der Waals surface area contributed by atoms with Crippen LogP contribution in [0.25, 0.3) is 0 Å². The number of pyridine rings is 1. The predicted octanol–water partition coefficient (Wildman–Crippen LogP) is 4.26. The molecule has 0 aromatic carbocycles. The number of Topliss-reactive ketones (excluding diaryl/α,β-unsaturated/α-hetero) is 1. The monoisotopic (exact) mass is 375 g/mol. The number of aromatic nitrogens is 1. The van der Waals surface area contributed by atoms with Gasteiger partial charge in [0.1, 0.15) is 11.4 Å². The van der Waals surface area contributed by atoms with Gasteiger partial charge in [0.2, 0.25) is 0 Å². The third-order valence-corrected chi connectivity index (χ3v) is 4.55. The molecule has 2 heterocycles. The average Bonchev–Trinajstić information content (AvgIpc) is 2.60. The quantitative estimate of drug-likeness (QED) is 0.569. The molecule has 150 valence electrons. The lowest BCUT2D eigenvalue weighted by molar-refractivity contribution is 0.0527. The number of alkyl carbamates (subject to hydrolysis) is 1. The summed E-state index contributed by atoms with van der Waals surface area (Å²) in [6.07, 6.45) is 5.21. The van der Waals surface area contributed by atoms with Gasteiger partial charge in [0.25, 0.3) is 0 Å². The first kappa shape index (κ1) is 21.2. The molecule has 1 aromatic heterocycles. The normalized spacial score (nSPS) is 14.7. The second-order valence-electron chi connectivity index (χ2n) is 8.16. The second-order valence-corrected chi connectivity index (χ2v) is 8.16. The van der Waals surface area contributed by atoms with Crippen molar-refractivity contribution in [3.8, 4) is 0 Å². The number of nitrogens with zero attached hydrogens (tertiary/aromatic N) is 2. The van der Waals surface area contributed by atoms with E-state index in [0.29, 0.717) is 18.5 Å². The Balaban J connectivity index is 1.75. The summed E-state index contributed by atoms with van der Waals surface area (Å²) in [5.74, 6) is 1.09. The standard InChI is InChI=1S/C21H33N3O3/c1-16-17(11-12-19(23-16)24-14-8-5-9-15-24)18(25)10-6-7-13-22-20(26)27-21(2,3)4/h11-12H,5-10,13-15H2,1-4H3,(H,22,26). The summed E-state index contributed by atoms with van der Waals surface area (Å²) < 4.78 is 5.18. The van der Waals surface area contributed by atoms with Crippen LogP contribution in [0.2, 0.25) is 0 Å². The molecule has 1 N–H and O–H groups in total. The smallest absolute Gasteiger partial charge is 0.407 e. The maximum absolute atomic E-state index is 12.5. The van der Waals surface area contributed by atoms with Crippen molar-refractivity contribution < 1.29 is 14.3 Å². The first-order valence-electron chi connectivity index (χ1n) is 9.99. The Kier molecular flexibility index (Phi) is 7.63. The largest absolute Gasteiger partial charge is 0.444 e. The molecule has 0 saturated carbocycles. The highest BCUT2D eigenvalue weighted by molar-refractivity contribution is 5.97. The van der Waals surface area contributed by atoms with Gasteiger partial charge >= 0.3 is 6.09 Å². The van der Waals surface area contributed by atoms with Crippen LogP contribution in [-0.4, -0.2) is 42.1 Å². The van der Waals surface area contributed by atoms with Crippen LogP contribution in [0.5, 0.6) is 0 Å². The second kappa shape index (κ2) is 9.72. The molecule has 1 aliphatic heterocycles. The molecule has 0 radical (unpaired) electrons. The summed E-state index contributed by atoms with van der Waals surface area (Å²) in [7, 11) is 0. The van der Waals surface area contributed by atoms with Gasteiger partial charge in [-0.1, -0.05) is 0 Å². The molecule has 0 atom stereocenters. The average molecular weight is 376 g/mol. The number of ketones is 1. The fraction of sp³-hybridized carbons (Fsp3) is 0.667. The maximum Gasteiger partial charge on any atom is 0.407 e. The lowest BCUT2D eigenvalue weighted by Crippen LogP contribution is -2.33. The molecular formula is C21H33N3O3. The summed E-state index contributed by atoms with van der Waals surface area (Å²) in [5.41, 5.74) is 1.01. The number of ether oxygens (including phenoxy) is 1. The summed E-state index contributed by atoms with van der Waals surface area (Å²) in [5, 5.41) is 2.72. The van der Waals surface area contributed by atoms with Crippen LogP contribution in [0, 0.1) is 6.92 Å². The van der Waals surface area contributed by atoms with Crippen LogP contribution in [0.15, 0.2) is 12.1 Å². The summed E-state index contributed by atoms with van der Waals surface area (Å²) in [4.78, 5) is 31.0. The van der Waals surface area contributed by atoms with Crippen molar-refractivity contribution in [2.75, 3.05) is 24.5 Å². The Labute approximate surface area is 162 Å². The van der Waals surface area contributed by atoms with Gasteiger partial charge in [0.05, 0.1) is 5.69 Å². The maximum atomic E-state index is 12.5. The number of hydrogen-bond donors (Lipinski definition) is 1. The van der Waals surface area contributed by atoms with E-state index in [2.05, 4.69) is 15.2 Å². The minimum Gasteiger partial charge on any atom is -0.444 e. The molecular weight excluding hydrogens is 342 g/mol. The molecule has 6 nitrogen and oxygen atoms in total. The number of piperidine rings is 1. The number of unbranched alkanes of at least 4 members (excludes halogenated alkanes) is 1. The molecule has 1 amide bonds. The summed E-state index contributed by atoms with van der Waals surface area (Å²) >= 11 is 0. The fourth-order valence-corrected chi connectivity index (χ4v) is 3.19. The number of rotatable bonds is 7. The number of carbonyl (C=O) groups is 2. The van der Waals surface area contributed by atoms with Crippen molar-refractivity contribution in [1.29, 1.82) is 0 Å². The number of aryl methyl sites for hydroxylation is 1. The minimum absolute atomic E-state index is 0.113. The molecule has 2 rings (SSSR count). The van der Waals surface area contributed by atoms with Crippen molar-refractivity contribution in [2.45, 2.75) is 71.8 Å². The zero-order valence-corrected chi connectivity index (χ0v) is 17.1. The van der Waals surface area contributed by atoms with Crippen LogP contribution in [0.1, 0.15) is 75.3 Å². The van der Waals surface area contributed by atoms with Crippen molar-refractivity contribution in [1.82, 2.24) is 10.3 Å². The zero-order valence-electron chi connectivity index (χ0n) is 17.1. The molecule has 6 heteroatoms. The highest BCUT2D eigenvalue weighted by atomic mass is 16.6. The molecule has 1 fully saturated rings. The van der Waals surface area contributed by atoms with Crippen LogP contribution in [0.4, 0.5) is 10.6 Å². The highest BCUT2D eigenvalue weighted by Crippen LogP contribution is 2.20. The Morgan fingerprint density at radius 1 is 1.15 bits per heavy atom. The number of carbonyl (C=O) groups excluding carboxylic acids is 2. The van der Waals surface area contributed by atoms with E-state index in [1.807, 2.05) is 39.8 Å². The number of hydrogen-bond acceptors (Lipinski definition) is 5. The van der Waals surface area contributed by atoms with Crippen molar-refractivity contribution in [3.63, 3.8) is 0 Å². The van der Waals surface area contributed by atoms with Crippen molar-refractivity contribution >= 4 is 17.7 Å². The lowest BCUT2D eigenvalue weighted by Gasteiger charge is -2.28. The topological polar surface area (TPSA) is 71.5 Å². The van der Waals surface area contributed by atoms with Crippen LogP contribution in [-0.2, 0) is 4.74 Å². The molecule has 27 heavy (non-hydrogen) atoms. The molecule has 0 unspecified atom stereocenters. The van der Waals surface area contributed by atoms with Crippen molar-refractivity contribution in [2.24, 2.45) is 0 Å². The van der Waals surface area contributed by atoms with Crippen LogP contribution in [0.3, 0.4) is 0 Å². The lowest BCUT2D eigenvalue weighted by atomic mass is 10.0.